The molecule has 0 heterocycles. The lowest BCUT2D eigenvalue weighted by molar-refractivity contribution is 0.276. The highest BCUT2D eigenvalue weighted by Crippen LogP contribution is 2.23. The van der Waals surface area contributed by atoms with Crippen LogP contribution in [0.25, 0.3) is 0 Å². The van der Waals surface area contributed by atoms with Gasteiger partial charge in [0.2, 0.25) is 0 Å². The highest BCUT2D eigenvalue weighted by Gasteiger charge is 2.10. The smallest absolute Gasteiger partial charge is 0.384 e. The first-order valence-electron chi connectivity index (χ1n) is 9.81. The second kappa shape index (κ2) is 13.6. The number of aryl methyl sites for hydroxylation is 1. The fourth-order valence-corrected chi connectivity index (χ4v) is 3.48. The third-order valence-corrected chi connectivity index (χ3v) is 5.17. The van der Waals surface area contributed by atoms with E-state index in [-0.39, 0.29) is 12.4 Å². The summed E-state index contributed by atoms with van der Waals surface area (Å²) in [7, 11) is -2.51. The maximum absolute atomic E-state index is 13.6. The van der Waals surface area contributed by atoms with Crippen LogP contribution in [0.3, 0.4) is 0 Å². The number of unbranched alkanes of at least 4 members (excludes halogenated alkanes) is 2. The number of rotatable bonds is 14. The van der Waals surface area contributed by atoms with Crippen molar-refractivity contribution >= 4 is 25.5 Å². The molecule has 2 aromatic rings. The second-order valence-electron chi connectivity index (χ2n) is 6.74. The number of hydrogen-bond acceptors (Lipinski definition) is 4. The largest absolute Gasteiger partial charge is 0.694 e. The standard InChI is InChI=1S/C21H27ClFN2O3P/c22-19-15-17(16-24-12-6-14-28-29(26)27)10-11-21(19)25-13-5-1-2-7-18-8-3-4-9-20(18)23/h3-4,8-11,15,24-25H,1-2,5-7,12-14,16H2/p+1. The summed E-state index contributed by atoms with van der Waals surface area (Å²) in [5, 5.41) is 7.27. The molecule has 3 N–H and O–H groups in total. The molecule has 1 unspecified atom stereocenters. The van der Waals surface area contributed by atoms with E-state index >= 15 is 0 Å². The molecule has 29 heavy (non-hydrogen) atoms. The Kier molecular flexibility index (Phi) is 11.1. The summed E-state index contributed by atoms with van der Waals surface area (Å²) in [5.41, 5.74) is 2.76. The minimum Gasteiger partial charge on any atom is -0.384 e. The molecule has 0 radical (unpaired) electrons. The van der Waals surface area contributed by atoms with Gasteiger partial charge in [-0.3, -0.25) is 0 Å². The number of halogens is 2. The molecule has 1 atom stereocenters. The normalized spacial score (nSPS) is 11.5. The van der Waals surface area contributed by atoms with Gasteiger partial charge < -0.3 is 10.6 Å². The van der Waals surface area contributed by atoms with Crippen molar-refractivity contribution in [2.24, 2.45) is 0 Å². The van der Waals surface area contributed by atoms with E-state index in [0.717, 1.165) is 49.0 Å². The van der Waals surface area contributed by atoms with Gasteiger partial charge in [0.1, 0.15) is 12.4 Å². The molecule has 0 aliphatic heterocycles. The summed E-state index contributed by atoms with van der Waals surface area (Å²) in [4.78, 5) is 8.54. The topological polar surface area (TPSA) is 70.6 Å². The van der Waals surface area contributed by atoms with Crippen LogP contribution in [-0.2, 0) is 22.1 Å². The van der Waals surface area contributed by atoms with Crippen LogP contribution >= 0.6 is 19.9 Å². The van der Waals surface area contributed by atoms with Crippen molar-refractivity contribution in [1.82, 2.24) is 5.32 Å². The zero-order chi connectivity index (χ0) is 20.9. The van der Waals surface area contributed by atoms with Crippen molar-refractivity contribution < 1.29 is 18.4 Å². The fourth-order valence-electron chi connectivity index (χ4n) is 2.93. The van der Waals surface area contributed by atoms with E-state index in [0.29, 0.717) is 24.5 Å². The summed E-state index contributed by atoms with van der Waals surface area (Å²) in [6, 6.07) is 12.8. The van der Waals surface area contributed by atoms with Gasteiger partial charge in [0.25, 0.3) is 0 Å². The second-order valence-corrected chi connectivity index (χ2v) is 7.89. The first-order valence-corrected chi connectivity index (χ1v) is 11.3. The van der Waals surface area contributed by atoms with Crippen molar-refractivity contribution in [3.8, 4) is 0 Å². The maximum atomic E-state index is 13.6. The number of nitrogens with one attached hydrogen (secondary N) is 2. The molecule has 0 aromatic heterocycles. The first kappa shape index (κ1) is 23.7. The minimum absolute atomic E-state index is 0.123. The molecule has 5 nitrogen and oxygen atoms in total. The SMILES string of the molecule is O=[P+](O)OCCCNCc1ccc(NCCCCCc2ccccc2F)c(Cl)c1. The Morgan fingerprint density at radius 2 is 1.90 bits per heavy atom. The third-order valence-electron chi connectivity index (χ3n) is 4.46. The Hall–Kier alpha value is -1.56. The van der Waals surface area contributed by atoms with Crippen LogP contribution in [-0.4, -0.2) is 24.6 Å². The monoisotopic (exact) mass is 441 g/mol. The van der Waals surface area contributed by atoms with Crippen LogP contribution in [0.15, 0.2) is 42.5 Å². The van der Waals surface area contributed by atoms with Gasteiger partial charge in [0.15, 0.2) is 0 Å². The van der Waals surface area contributed by atoms with Crippen LogP contribution in [0, 0.1) is 5.82 Å². The molecule has 0 amide bonds. The van der Waals surface area contributed by atoms with E-state index in [1.165, 1.54) is 6.07 Å². The van der Waals surface area contributed by atoms with Crippen LogP contribution in [0.1, 0.15) is 36.8 Å². The number of benzene rings is 2. The molecule has 0 spiro atoms. The third kappa shape index (κ3) is 9.66. The van der Waals surface area contributed by atoms with Crippen LogP contribution in [0.4, 0.5) is 10.1 Å². The molecule has 0 aliphatic rings. The Balaban J connectivity index is 1.59. The lowest BCUT2D eigenvalue weighted by atomic mass is 10.1. The predicted octanol–water partition coefficient (Wildman–Crippen LogP) is 5.45. The molecular formula is C21H28ClFN2O3P+. The number of hydrogen-bond donors (Lipinski definition) is 3. The maximum Gasteiger partial charge on any atom is 0.694 e. The Labute approximate surface area is 177 Å². The molecule has 0 saturated heterocycles. The van der Waals surface area contributed by atoms with Crippen molar-refractivity contribution in [1.29, 1.82) is 0 Å². The van der Waals surface area contributed by atoms with E-state index in [2.05, 4.69) is 15.2 Å². The molecule has 0 bridgehead atoms. The van der Waals surface area contributed by atoms with Gasteiger partial charge in [-0.1, -0.05) is 42.3 Å². The lowest BCUT2D eigenvalue weighted by Gasteiger charge is -2.11. The zero-order valence-corrected chi connectivity index (χ0v) is 18.0. The fraction of sp³-hybridized carbons (Fsp3) is 0.429. The molecule has 0 fully saturated rings. The quantitative estimate of drug-likeness (QED) is 0.268. The summed E-state index contributed by atoms with van der Waals surface area (Å²) in [6.45, 7) is 2.43. The summed E-state index contributed by atoms with van der Waals surface area (Å²) in [5.74, 6) is -0.123. The van der Waals surface area contributed by atoms with Gasteiger partial charge in [-0.25, -0.2) is 4.39 Å². The first-order chi connectivity index (χ1) is 14.1. The molecule has 2 rings (SSSR count). The molecule has 0 saturated carbocycles. The Morgan fingerprint density at radius 1 is 1.07 bits per heavy atom. The molecule has 8 heteroatoms. The van der Waals surface area contributed by atoms with Crippen LogP contribution in [0.2, 0.25) is 5.02 Å². The van der Waals surface area contributed by atoms with Crippen molar-refractivity contribution in [2.75, 3.05) is 25.0 Å². The molecule has 158 valence electrons. The highest BCUT2D eigenvalue weighted by atomic mass is 35.5. The molecule has 2 aromatic carbocycles. The van der Waals surface area contributed by atoms with Gasteiger partial charge in [0.05, 0.1) is 10.7 Å². The molecular weight excluding hydrogens is 414 g/mol. The molecule has 0 aliphatic carbocycles. The Bertz CT molecular complexity index is 779. The van der Waals surface area contributed by atoms with Crippen LogP contribution in [0.5, 0.6) is 0 Å². The average molecular weight is 442 g/mol. The van der Waals surface area contributed by atoms with E-state index in [1.807, 2.05) is 30.3 Å². The summed E-state index contributed by atoms with van der Waals surface area (Å²) in [6.07, 6.45) is 4.40. The highest BCUT2D eigenvalue weighted by molar-refractivity contribution is 7.32. The lowest BCUT2D eigenvalue weighted by Crippen LogP contribution is -2.16. The number of anilines is 1. The van der Waals surface area contributed by atoms with E-state index in [9.17, 15) is 8.96 Å². The zero-order valence-electron chi connectivity index (χ0n) is 16.4. The van der Waals surface area contributed by atoms with Gasteiger partial charge >= 0.3 is 8.25 Å². The minimum atomic E-state index is -2.51. The van der Waals surface area contributed by atoms with Crippen molar-refractivity contribution in [2.45, 2.75) is 38.6 Å². The van der Waals surface area contributed by atoms with E-state index < -0.39 is 8.25 Å². The van der Waals surface area contributed by atoms with E-state index in [1.54, 1.807) is 6.07 Å². The van der Waals surface area contributed by atoms with Gasteiger partial charge in [-0.05, 0) is 61.6 Å². The van der Waals surface area contributed by atoms with Gasteiger partial charge in [-0.2, -0.15) is 0 Å². The van der Waals surface area contributed by atoms with E-state index in [4.69, 9.17) is 16.5 Å². The van der Waals surface area contributed by atoms with Crippen LogP contribution < -0.4 is 10.6 Å². The van der Waals surface area contributed by atoms with Crippen molar-refractivity contribution in [3.63, 3.8) is 0 Å². The summed E-state index contributed by atoms with van der Waals surface area (Å²) < 4.78 is 28.6. The predicted molar refractivity (Wildman–Crippen MR) is 116 cm³/mol. The average Bonchev–Trinajstić information content (AvgIpc) is 2.69. The van der Waals surface area contributed by atoms with Crippen molar-refractivity contribution in [3.05, 3.63) is 64.4 Å². The summed E-state index contributed by atoms with van der Waals surface area (Å²) >= 11 is 6.35. The Morgan fingerprint density at radius 3 is 2.66 bits per heavy atom. The van der Waals surface area contributed by atoms with Gasteiger partial charge in [0, 0.05) is 17.7 Å². The van der Waals surface area contributed by atoms with Gasteiger partial charge in [-0.15, -0.1) is 9.42 Å².